The highest BCUT2D eigenvalue weighted by molar-refractivity contribution is 6.32. The second-order valence-corrected chi connectivity index (χ2v) is 5.19. The van der Waals surface area contributed by atoms with Gasteiger partial charge in [-0.2, -0.15) is 0 Å². The molecule has 0 spiro atoms. The summed E-state index contributed by atoms with van der Waals surface area (Å²) in [6.07, 6.45) is 3.63. The van der Waals surface area contributed by atoms with Crippen molar-refractivity contribution in [2.75, 3.05) is 13.2 Å². The van der Waals surface area contributed by atoms with Gasteiger partial charge in [-0.15, -0.1) is 0 Å². The fraction of sp³-hybridized carbons (Fsp3) is 0.571. The maximum absolute atomic E-state index is 6.17. The number of halogens is 1. The summed E-state index contributed by atoms with van der Waals surface area (Å²) in [5, 5.41) is 0.612. The summed E-state index contributed by atoms with van der Waals surface area (Å²) in [5.74, 6) is 0.704. The predicted molar refractivity (Wildman–Crippen MR) is 73.1 cm³/mol. The van der Waals surface area contributed by atoms with Gasteiger partial charge in [-0.25, -0.2) is 0 Å². The average Bonchev–Trinajstić information content (AvgIpc) is 2.38. The van der Waals surface area contributed by atoms with Crippen molar-refractivity contribution < 1.29 is 9.47 Å². The third-order valence-electron chi connectivity index (χ3n) is 3.18. The Kier molecular flexibility index (Phi) is 4.87. The summed E-state index contributed by atoms with van der Waals surface area (Å²) >= 11 is 6.17. The van der Waals surface area contributed by atoms with Gasteiger partial charge in [-0.05, 0) is 43.9 Å². The Morgan fingerprint density at radius 1 is 1.50 bits per heavy atom. The van der Waals surface area contributed by atoms with Gasteiger partial charge >= 0.3 is 0 Å². The minimum atomic E-state index is -0.0155. The molecule has 2 rings (SSSR count). The molecule has 18 heavy (non-hydrogen) atoms. The fourth-order valence-electron chi connectivity index (χ4n) is 2.04. The van der Waals surface area contributed by atoms with Crippen LogP contribution in [0.3, 0.4) is 0 Å². The number of nitrogens with two attached hydrogens (primary N) is 1. The van der Waals surface area contributed by atoms with Crippen molar-refractivity contribution in [3.05, 3.63) is 28.8 Å². The quantitative estimate of drug-likeness (QED) is 0.912. The van der Waals surface area contributed by atoms with E-state index >= 15 is 0 Å². The zero-order valence-corrected chi connectivity index (χ0v) is 11.5. The van der Waals surface area contributed by atoms with E-state index in [0.717, 1.165) is 25.0 Å². The molecule has 1 saturated heterocycles. The zero-order chi connectivity index (χ0) is 13.0. The number of benzene rings is 1. The van der Waals surface area contributed by atoms with Crippen LogP contribution in [0.25, 0.3) is 0 Å². The van der Waals surface area contributed by atoms with E-state index in [1.165, 1.54) is 6.42 Å². The van der Waals surface area contributed by atoms with Crippen LogP contribution in [0.5, 0.6) is 5.75 Å². The molecule has 0 saturated carbocycles. The standard InChI is InChI=1S/C14H20ClNO2/c1-10(16)11-5-6-14(13(15)8-11)18-9-12-4-2-3-7-17-12/h5-6,8,10,12H,2-4,7,9,16H2,1H3/t10-,12?/m0/s1. The third kappa shape index (κ3) is 3.61. The number of hydrogen-bond donors (Lipinski definition) is 1. The molecule has 1 fully saturated rings. The second kappa shape index (κ2) is 6.41. The molecule has 0 aliphatic carbocycles. The van der Waals surface area contributed by atoms with Crippen molar-refractivity contribution in [1.82, 2.24) is 0 Å². The smallest absolute Gasteiger partial charge is 0.138 e. The van der Waals surface area contributed by atoms with Crippen LogP contribution in [0.1, 0.15) is 37.8 Å². The molecule has 1 aliphatic heterocycles. The molecule has 0 aromatic heterocycles. The maximum Gasteiger partial charge on any atom is 0.138 e. The lowest BCUT2D eigenvalue weighted by molar-refractivity contribution is -0.0110. The van der Waals surface area contributed by atoms with Crippen molar-refractivity contribution in [3.63, 3.8) is 0 Å². The van der Waals surface area contributed by atoms with Gasteiger partial charge in [-0.3, -0.25) is 0 Å². The first-order chi connectivity index (χ1) is 8.66. The highest BCUT2D eigenvalue weighted by Gasteiger charge is 2.15. The summed E-state index contributed by atoms with van der Waals surface area (Å²) in [5.41, 5.74) is 6.82. The van der Waals surface area contributed by atoms with E-state index < -0.39 is 0 Å². The molecule has 1 heterocycles. The second-order valence-electron chi connectivity index (χ2n) is 4.78. The van der Waals surface area contributed by atoms with Gasteiger partial charge in [-0.1, -0.05) is 17.7 Å². The SMILES string of the molecule is C[C@H](N)c1ccc(OCC2CCCCO2)c(Cl)c1. The minimum absolute atomic E-state index is 0.0155. The molecular weight excluding hydrogens is 250 g/mol. The summed E-state index contributed by atoms with van der Waals surface area (Å²) < 4.78 is 11.3. The first kappa shape index (κ1) is 13.7. The normalized spacial score (nSPS) is 21.6. The van der Waals surface area contributed by atoms with Crippen molar-refractivity contribution in [2.45, 2.75) is 38.3 Å². The van der Waals surface area contributed by atoms with E-state index in [9.17, 15) is 0 Å². The lowest BCUT2D eigenvalue weighted by Crippen LogP contribution is -2.25. The molecule has 0 amide bonds. The zero-order valence-electron chi connectivity index (χ0n) is 10.7. The van der Waals surface area contributed by atoms with Crippen LogP contribution in [0.2, 0.25) is 5.02 Å². The molecule has 3 nitrogen and oxygen atoms in total. The summed E-state index contributed by atoms with van der Waals surface area (Å²) in [4.78, 5) is 0. The van der Waals surface area contributed by atoms with Crippen LogP contribution in [0, 0.1) is 0 Å². The van der Waals surface area contributed by atoms with Crippen LogP contribution < -0.4 is 10.5 Å². The third-order valence-corrected chi connectivity index (χ3v) is 3.48. The Morgan fingerprint density at radius 2 is 2.33 bits per heavy atom. The lowest BCUT2D eigenvalue weighted by atomic mass is 10.1. The van der Waals surface area contributed by atoms with Gasteiger partial charge in [0.05, 0.1) is 11.1 Å². The Bertz CT molecular complexity index is 389. The van der Waals surface area contributed by atoms with Gasteiger partial charge < -0.3 is 15.2 Å². The Balaban J connectivity index is 1.92. The largest absolute Gasteiger partial charge is 0.489 e. The van der Waals surface area contributed by atoms with Crippen LogP contribution >= 0.6 is 11.6 Å². The van der Waals surface area contributed by atoms with E-state index in [2.05, 4.69) is 0 Å². The predicted octanol–water partition coefficient (Wildman–Crippen LogP) is 3.31. The fourth-order valence-corrected chi connectivity index (χ4v) is 2.28. The number of hydrogen-bond acceptors (Lipinski definition) is 3. The first-order valence-corrected chi connectivity index (χ1v) is 6.84. The van der Waals surface area contributed by atoms with Crippen molar-refractivity contribution >= 4 is 11.6 Å². The monoisotopic (exact) mass is 269 g/mol. The van der Waals surface area contributed by atoms with Gasteiger partial charge in [0.2, 0.25) is 0 Å². The van der Waals surface area contributed by atoms with Crippen LogP contribution in [0.4, 0.5) is 0 Å². The van der Waals surface area contributed by atoms with E-state index in [0.29, 0.717) is 17.4 Å². The van der Waals surface area contributed by atoms with Gasteiger partial charge in [0.25, 0.3) is 0 Å². The van der Waals surface area contributed by atoms with Crippen molar-refractivity contribution in [1.29, 1.82) is 0 Å². The Hall–Kier alpha value is -0.770. The number of rotatable bonds is 4. The van der Waals surface area contributed by atoms with Gasteiger partial charge in [0, 0.05) is 12.6 Å². The van der Waals surface area contributed by atoms with E-state index in [1.807, 2.05) is 25.1 Å². The molecule has 2 atom stereocenters. The molecular formula is C14H20ClNO2. The van der Waals surface area contributed by atoms with E-state index in [1.54, 1.807) is 0 Å². The molecule has 1 aliphatic rings. The van der Waals surface area contributed by atoms with E-state index in [-0.39, 0.29) is 12.1 Å². The van der Waals surface area contributed by atoms with Gasteiger partial charge in [0.15, 0.2) is 0 Å². The van der Waals surface area contributed by atoms with E-state index in [4.69, 9.17) is 26.8 Å². The van der Waals surface area contributed by atoms with Crippen LogP contribution in [-0.4, -0.2) is 19.3 Å². The highest BCUT2D eigenvalue weighted by Crippen LogP contribution is 2.28. The minimum Gasteiger partial charge on any atom is -0.489 e. The lowest BCUT2D eigenvalue weighted by Gasteiger charge is -2.23. The molecule has 0 radical (unpaired) electrons. The number of ether oxygens (including phenoxy) is 2. The molecule has 100 valence electrons. The summed E-state index contributed by atoms with van der Waals surface area (Å²) in [6, 6.07) is 5.68. The van der Waals surface area contributed by atoms with Crippen molar-refractivity contribution in [2.24, 2.45) is 5.73 Å². The first-order valence-electron chi connectivity index (χ1n) is 6.46. The average molecular weight is 270 g/mol. The Labute approximate surface area is 113 Å². The molecule has 1 unspecified atom stereocenters. The maximum atomic E-state index is 6.17. The molecule has 1 aromatic carbocycles. The Morgan fingerprint density at radius 3 is 2.94 bits per heavy atom. The van der Waals surface area contributed by atoms with Crippen LogP contribution in [-0.2, 0) is 4.74 Å². The molecule has 1 aromatic rings. The molecule has 2 N–H and O–H groups in total. The molecule has 0 bridgehead atoms. The molecule has 4 heteroatoms. The summed E-state index contributed by atoms with van der Waals surface area (Å²) in [7, 11) is 0. The van der Waals surface area contributed by atoms with Crippen LogP contribution in [0.15, 0.2) is 18.2 Å². The summed E-state index contributed by atoms with van der Waals surface area (Å²) in [6.45, 7) is 3.34. The topological polar surface area (TPSA) is 44.5 Å². The van der Waals surface area contributed by atoms with Crippen molar-refractivity contribution in [3.8, 4) is 5.75 Å². The van der Waals surface area contributed by atoms with Gasteiger partial charge in [0.1, 0.15) is 12.4 Å². The highest BCUT2D eigenvalue weighted by atomic mass is 35.5.